The predicted octanol–water partition coefficient (Wildman–Crippen LogP) is 3.64. The van der Waals surface area contributed by atoms with E-state index in [9.17, 15) is 5.11 Å². The fraction of sp³-hybridized carbons (Fsp3) is 0.231. The molecule has 0 saturated heterocycles. The molecule has 0 spiro atoms. The topological polar surface area (TPSA) is 44.3 Å². The molecule has 3 nitrogen and oxygen atoms in total. The summed E-state index contributed by atoms with van der Waals surface area (Å²) < 4.78 is 0. The molecule has 0 bridgehead atoms. The largest absolute Gasteiger partial charge is 0.361 e. The summed E-state index contributed by atoms with van der Waals surface area (Å²) >= 11 is 17.6. The second-order valence-corrected chi connectivity index (χ2v) is 5.53. The Kier molecular flexibility index (Phi) is 5.13. The van der Waals surface area contributed by atoms with Crippen molar-refractivity contribution in [3.8, 4) is 0 Å². The van der Waals surface area contributed by atoms with Crippen LogP contribution < -0.4 is 10.6 Å². The minimum Gasteiger partial charge on any atom is -0.361 e. The third-order valence-corrected chi connectivity index (χ3v) is 3.34. The van der Waals surface area contributed by atoms with Crippen molar-refractivity contribution in [2.75, 3.05) is 5.32 Å². The van der Waals surface area contributed by atoms with Gasteiger partial charge >= 0.3 is 0 Å². The van der Waals surface area contributed by atoms with Gasteiger partial charge in [0.2, 0.25) is 0 Å². The zero-order valence-corrected chi connectivity index (χ0v) is 12.2. The standard InChI is InChI=1S/C13H13Cl3N2O/c14-8-1-3-11(4-2-8)17-13(19)18-12-6-9(15)5-10(16)7-12/h1-6,12-13,17-19H,7H2. The van der Waals surface area contributed by atoms with Gasteiger partial charge < -0.3 is 10.4 Å². The van der Waals surface area contributed by atoms with Gasteiger partial charge in [-0.15, -0.1) is 0 Å². The number of anilines is 1. The summed E-state index contributed by atoms with van der Waals surface area (Å²) in [7, 11) is 0. The first-order chi connectivity index (χ1) is 9.02. The van der Waals surface area contributed by atoms with Gasteiger partial charge in [-0.1, -0.05) is 34.8 Å². The number of aliphatic hydroxyl groups is 1. The first kappa shape index (κ1) is 14.7. The monoisotopic (exact) mass is 318 g/mol. The van der Waals surface area contributed by atoms with Crippen molar-refractivity contribution in [3.63, 3.8) is 0 Å². The Bertz CT molecular complexity index is 499. The van der Waals surface area contributed by atoms with Crippen LogP contribution in [0.1, 0.15) is 6.42 Å². The lowest BCUT2D eigenvalue weighted by Gasteiger charge is -2.23. The van der Waals surface area contributed by atoms with Crippen molar-refractivity contribution < 1.29 is 5.11 Å². The highest BCUT2D eigenvalue weighted by Crippen LogP contribution is 2.23. The van der Waals surface area contributed by atoms with E-state index in [0.717, 1.165) is 5.69 Å². The fourth-order valence-electron chi connectivity index (χ4n) is 1.77. The molecule has 2 rings (SSSR count). The highest BCUT2D eigenvalue weighted by molar-refractivity contribution is 6.35. The maximum absolute atomic E-state index is 9.91. The van der Waals surface area contributed by atoms with E-state index < -0.39 is 6.35 Å². The molecule has 0 heterocycles. The molecule has 1 aliphatic carbocycles. The summed E-state index contributed by atoms with van der Waals surface area (Å²) in [6.07, 6.45) is 3.19. The molecule has 0 aromatic heterocycles. The van der Waals surface area contributed by atoms with Gasteiger partial charge in [0.25, 0.3) is 0 Å². The second kappa shape index (κ2) is 6.64. The Labute approximate surface area is 126 Å². The van der Waals surface area contributed by atoms with E-state index >= 15 is 0 Å². The van der Waals surface area contributed by atoms with Crippen molar-refractivity contribution in [2.24, 2.45) is 0 Å². The van der Waals surface area contributed by atoms with Crippen LogP contribution in [0.3, 0.4) is 0 Å². The van der Waals surface area contributed by atoms with Crippen LogP contribution in [-0.4, -0.2) is 17.5 Å². The van der Waals surface area contributed by atoms with Crippen molar-refractivity contribution in [1.82, 2.24) is 5.32 Å². The Morgan fingerprint density at radius 3 is 2.47 bits per heavy atom. The van der Waals surface area contributed by atoms with Gasteiger partial charge in [-0.25, -0.2) is 0 Å². The van der Waals surface area contributed by atoms with E-state index in [1.54, 1.807) is 36.4 Å². The van der Waals surface area contributed by atoms with E-state index in [4.69, 9.17) is 34.8 Å². The number of aliphatic hydroxyl groups excluding tert-OH is 1. The van der Waals surface area contributed by atoms with Gasteiger partial charge in [-0.3, -0.25) is 5.32 Å². The Balaban J connectivity index is 1.90. The minimum atomic E-state index is -0.908. The molecule has 0 aliphatic heterocycles. The number of hydrogen-bond acceptors (Lipinski definition) is 3. The lowest BCUT2D eigenvalue weighted by Crippen LogP contribution is -2.42. The number of nitrogens with one attached hydrogen (secondary N) is 2. The van der Waals surface area contributed by atoms with Crippen molar-refractivity contribution in [3.05, 3.63) is 51.5 Å². The minimum absolute atomic E-state index is 0.111. The van der Waals surface area contributed by atoms with Gasteiger partial charge in [0.15, 0.2) is 6.35 Å². The van der Waals surface area contributed by atoms with E-state index in [1.165, 1.54) is 0 Å². The first-order valence-electron chi connectivity index (χ1n) is 5.72. The number of halogens is 3. The summed E-state index contributed by atoms with van der Waals surface area (Å²) in [5.41, 5.74) is 0.761. The van der Waals surface area contributed by atoms with Crippen LogP contribution in [0.2, 0.25) is 5.02 Å². The molecule has 19 heavy (non-hydrogen) atoms. The Morgan fingerprint density at radius 1 is 1.16 bits per heavy atom. The van der Waals surface area contributed by atoms with Crippen LogP contribution in [0, 0.1) is 0 Å². The second-order valence-electron chi connectivity index (χ2n) is 4.17. The smallest absolute Gasteiger partial charge is 0.181 e. The number of allylic oxidation sites excluding steroid dienone is 2. The average Bonchev–Trinajstić information content (AvgIpc) is 2.30. The summed E-state index contributed by atoms with van der Waals surface area (Å²) in [5, 5.41) is 17.6. The fourth-order valence-corrected chi connectivity index (χ4v) is 2.52. The molecule has 1 aliphatic rings. The number of rotatable bonds is 4. The van der Waals surface area contributed by atoms with Crippen LogP contribution in [0.5, 0.6) is 0 Å². The molecule has 0 radical (unpaired) electrons. The van der Waals surface area contributed by atoms with Crippen molar-refractivity contribution in [2.45, 2.75) is 18.8 Å². The summed E-state index contributed by atoms with van der Waals surface area (Å²) in [6.45, 7) is 0. The van der Waals surface area contributed by atoms with Crippen LogP contribution in [0.15, 0.2) is 46.5 Å². The maximum atomic E-state index is 9.91. The lowest BCUT2D eigenvalue weighted by molar-refractivity contribution is 0.156. The van der Waals surface area contributed by atoms with Crippen LogP contribution in [0.25, 0.3) is 0 Å². The normalized spacial score (nSPS) is 20.5. The van der Waals surface area contributed by atoms with Gasteiger partial charge in [0.05, 0.1) is 0 Å². The molecule has 0 fully saturated rings. The lowest BCUT2D eigenvalue weighted by atomic mass is 10.1. The third-order valence-electron chi connectivity index (χ3n) is 2.59. The van der Waals surface area contributed by atoms with E-state index in [0.29, 0.717) is 21.5 Å². The van der Waals surface area contributed by atoms with Gasteiger partial charge in [0, 0.05) is 33.2 Å². The van der Waals surface area contributed by atoms with Crippen LogP contribution in [0.4, 0.5) is 5.69 Å². The Morgan fingerprint density at radius 2 is 1.84 bits per heavy atom. The van der Waals surface area contributed by atoms with E-state index in [2.05, 4.69) is 10.6 Å². The number of hydrogen-bond donors (Lipinski definition) is 3. The molecule has 6 heteroatoms. The summed E-state index contributed by atoms with van der Waals surface area (Å²) in [5.74, 6) is 0. The average molecular weight is 320 g/mol. The molecule has 102 valence electrons. The third kappa shape index (κ3) is 4.71. The molecule has 0 saturated carbocycles. The SMILES string of the molecule is OC(Nc1ccc(Cl)cc1)NC1C=C(Cl)C=C(Cl)C1. The molecule has 0 amide bonds. The van der Waals surface area contributed by atoms with E-state index in [1.807, 2.05) is 0 Å². The van der Waals surface area contributed by atoms with Crippen LogP contribution >= 0.6 is 34.8 Å². The molecular formula is C13H13Cl3N2O. The van der Waals surface area contributed by atoms with Gasteiger partial charge in [-0.2, -0.15) is 0 Å². The van der Waals surface area contributed by atoms with Crippen molar-refractivity contribution in [1.29, 1.82) is 0 Å². The van der Waals surface area contributed by atoms with Gasteiger partial charge in [-0.05, 0) is 36.4 Å². The highest BCUT2D eigenvalue weighted by Gasteiger charge is 2.16. The zero-order valence-electron chi connectivity index (χ0n) is 9.91. The molecule has 2 atom stereocenters. The van der Waals surface area contributed by atoms with Crippen LogP contribution in [-0.2, 0) is 0 Å². The predicted molar refractivity (Wildman–Crippen MR) is 80.5 cm³/mol. The quantitative estimate of drug-likeness (QED) is 0.743. The Hall–Kier alpha value is -0.710. The maximum Gasteiger partial charge on any atom is 0.181 e. The zero-order chi connectivity index (χ0) is 13.8. The molecule has 3 N–H and O–H groups in total. The summed E-state index contributed by atoms with van der Waals surface area (Å²) in [4.78, 5) is 0. The van der Waals surface area contributed by atoms with E-state index in [-0.39, 0.29) is 6.04 Å². The molecule has 2 unspecified atom stereocenters. The molecule has 1 aromatic rings. The van der Waals surface area contributed by atoms with Gasteiger partial charge in [0.1, 0.15) is 0 Å². The number of benzene rings is 1. The molecular weight excluding hydrogens is 307 g/mol. The first-order valence-corrected chi connectivity index (χ1v) is 6.86. The summed E-state index contributed by atoms with van der Waals surface area (Å²) in [6, 6.07) is 6.94. The van der Waals surface area contributed by atoms with Crippen molar-refractivity contribution >= 4 is 40.5 Å². The highest BCUT2D eigenvalue weighted by atomic mass is 35.5. The molecule has 1 aromatic carbocycles.